The summed E-state index contributed by atoms with van der Waals surface area (Å²) in [6, 6.07) is 8.72. The smallest absolute Gasteiger partial charge is 0.0708 e. The Kier molecular flexibility index (Phi) is 5.23. The second kappa shape index (κ2) is 7.35. The summed E-state index contributed by atoms with van der Waals surface area (Å²) in [5.74, 6) is 1.48. The molecule has 1 aromatic carbocycles. The summed E-state index contributed by atoms with van der Waals surface area (Å²) < 4.78 is 0. The molecule has 0 aromatic heterocycles. The highest BCUT2D eigenvalue weighted by molar-refractivity contribution is 5.82. The Morgan fingerprint density at radius 3 is 2.82 bits per heavy atom. The van der Waals surface area contributed by atoms with Crippen LogP contribution in [0.1, 0.15) is 77.2 Å². The maximum atomic E-state index is 5.01. The van der Waals surface area contributed by atoms with E-state index in [1.807, 2.05) is 0 Å². The number of nitrogens with zero attached hydrogens (tertiary/aromatic N) is 1. The van der Waals surface area contributed by atoms with Crippen LogP contribution in [0.5, 0.6) is 0 Å². The zero-order chi connectivity index (χ0) is 15.4. The molecule has 1 aromatic rings. The molecule has 0 saturated heterocycles. The van der Waals surface area contributed by atoms with Crippen LogP contribution < -0.4 is 5.32 Å². The normalized spacial score (nSPS) is 21.3. The third-order valence-electron chi connectivity index (χ3n) is 5.52. The molecule has 1 nitrogen and oxygen atoms in total. The first-order valence-electron chi connectivity index (χ1n) is 9.35. The number of fused-ring (bicyclic) bond motifs is 2. The van der Waals surface area contributed by atoms with Gasteiger partial charge in [0, 0.05) is 17.2 Å². The van der Waals surface area contributed by atoms with E-state index >= 15 is 0 Å². The third kappa shape index (κ3) is 3.24. The Labute approximate surface area is 136 Å². The van der Waals surface area contributed by atoms with Crippen molar-refractivity contribution in [3.63, 3.8) is 0 Å². The van der Waals surface area contributed by atoms with Gasteiger partial charge in [-0.15, -0.1) is 0 Å². The van der Waals surface area contributed by atoms with E-state index in [1.54, 1.807) is 5.57 Å². The predicted molar refractivity (Wildman–Crippen MR) is 95.0 cm³/mol. The van der Waals surface area contributed by atoms with E-state index in [4.69, 9.17) is 5.32 Å². The average Bonchev–Trinajstić information content (AvgIpc) is 2.93. The van der Waals surface area contributed by atoms with Gasteiger partial charge in [-0.2, -0.15) is 0 Å². The monoisotopic (exact) mass is 296 g/mol. The van der Waals surface area contributed by atoms with Crippen molar-refractivity contribution in [3.05, 3.63) is 35.5 Å². The number of unbranched alkanes of at least 4 members (excludes halogenated alkanes) is 4. The largest absolute Gasteiger partial charge is 0.252 e. The zero-order valence-electron chi connectivity index (χ0n) is 14.3. The minimum atomic E-state index is 0.697. The Bertz CT molecular complexity index is 528. The third-order valence-corrected chi connectivity index (χ3v) is 5.52. The van der Waals surface area contributed by atoms with Gasteiger partial charge in [0.05, 0.1) is 5.69 Å². The minimum absolute atomic E-state index is 0.697. The molecule has 0 amide bonds. The lowest BCUT2D eigenvalue weighted by atomic mass is 9.77. The lowest BCUT2D eigenvalue weighted by molar-refractivity contribution is 0.330. The lowest BCUT2D eigenvalue weighted by Crippen LogP contribution is -2.21. The topological polar surface area (TPSA) is 14.1 Å². The van der Waals surface area contributed by atoms with Gasteiger partial charge in [-0.05, 0) is 36.8 Å². The lowest BCUT2D eigenvalue weighted by Gasteiger charge is -2.29. The summed E-state index contributed by atoms with van der Waals surface area (Å²) in [4.78, 5) is 0. The van der Waals surface area contributed by atoms with Gasteiger partial charge < -0.3 is 0 Å². The number of benzene rings is 1. The molecule has 0 spiro atoms. The van der Waals surface area contributed by atoms with Gasteiger partial charge in [0.25, 0.3) is 0 Å². The number of para-hydroxylation sites is 1. The van der Waals surface area contributed by atoms with Gasteiger partial charge >= 0.3 is 0 Å². The van der Waals surface area contributed by atoms with E-state index in [-0.39, 0.29) is 0 Å². The Hall–Kier alpha value is -1.24. The van der Waals surface area contributed by atoms with E-state index < -0.39 is 0 Å². The van der Waals surface area contributed by atoms with Crippen molar-refractivity contribution in [3.8, 4) is 0 Å². The van der Waals surface area contributed by atoms with Crippen LogP contribution in [0.25, 0.3) is 5.57 Å². The molecule has 1 radical (unpaired) electrons. The summed E-state index contributed by atoms with van der Waals surface area (Å²) >= 11 is 0. The Morgan fingerprint density at radius 2 is 1.95 bits per heavy atom. The molecule has 22 heavy (non-hydrogen) atoms. The fourth-order valence-corrected chi connectivity index (χ4v) is 4.19. The number of hydrogen-bond acceptors (Lipinski definition) is 0. The molecule has 1 aliphatic heterocycles. The molecular weight excluding hydrogens is 266 g/mol. The highest BCUT2D eigenvalue weighted by Crippen LogP contribution is 2.47. The van der Waals surface area contributed by atoms with E-state index in [0.717, 1.165) is 5.92 Å². The average molecular weight is 296 g/mol. The van der Waals surface area contributed by atoms with Gasteiger partial charge in [-0.3, -0.25) is 5.32 Å². The van der Waals surface area contributed by atoms with Crippen LogP contribution in [0.3, 0.4) is 0 Å². The van der Waals surface area contributed by atoms with Crippen LogP contribution in [0.2, 0.25) is 0 Å². The molecule has 119 valence electrons. The van der Waals surface area contributed by atoms with Crippen molar-refractivity contribution in [2.24, 2.45) is 11.8 Å². The van der Waals surface area contributed by atoms with Crippen LogP contribution in [0.4, 0.5) is 5.69 Å². The standard InChI is InChI=1S/C21H30N/c1-3-4-5-6-7-11-16(2)17-13-10-14-19-18-12-8-9-15-20(18)22-21(17)19/h8-9,12,15-17H,3-7,10-11,13-14H2,1-2H3. The predicted octanol–water partition coefficient (Wildman–Crippen LogP) is 6.44. The van der Waals surface area contributed by atoms with E-state index in [0.29, 0.717) is 5.92 Å². The van der Waals surface area contributed by atoms with Gasteiger partial charge in [-0.25, -0.2) is 0 Å². The Morgan fingerprint density at radius 1 is 1.14 bits per heavy atom. The first-order chi connectivity index (χ1) is 10.8. The maximum Gasteiger partial charge on any atom is 0.0708 e. The molecule has 0 bridgehead atoms. The molecule has 1 heterocycles. The summed E-state index contributed by atoms with van der Waals surface area (Å²) in [7, 11) is 0. The summed E-state index contributed by atoms with van der Waals surface area (Å²) in [6.07, 6.45) is 12.2. The van der Waals surface area contributed by atoms with Crippen LogP contribution >= 0.6 is 0 Å². The van der Waals surface area contributed by atoms with Crippen LogP contribution in [-0.2, 0) is 0 Å². The van der Waals surface area contributed by atoms with Crippen molar-refractivity contribution in [2.75, 3.05) is 0 Å². The quantitative estimate of drug-likeness (QED) is 0.514. The molecular formula is C21H30N. The molecule has 1 heteroatoms. The molecule has 0 N–H and O–H groups in total. The second-order valence-electron chi connectivity index (χ2n) is 7.17. The van der Waals surface area contributed by atoms with Crippen molar-refractivity contribution in [2.45, 2.75) is 71.6 Å². The van der Waals surface area contributed by atoms with Gasteiger partial charge in [0.15, 0.2) is 0 Å². The van der Waals surface area contributed by atoms with Crippen LogP contribution in [0, 0.1) is 11.8 Å². The fourth-order valence-electron chi connectivity index (χ4n) is 4.19. The molecule has 2 unspecified atom stereocenters. The molecule has 2 aliphatic rings. The van der Waals surface area contributed by atoms with Crippen LogP contribution in [0.15, 0.2) is 30.0 Å². The molecule has 2 atom stereocenters. The van der Waals surface area contributed by atoms with Crippen molar-refractivity contribution >= 4 is 11.3 Å². The minimum Gasteiger partial charge on any atom is -0.252 e. The molecule has 0 saturated carbocycles. The van der Waals surface area contributed by atoms with Gasteiger partial charge in [0.1, 0.15) is 0 Å². The molecule has 1 aliphatic carbocycles. The van der Waals surface area contributed by atoms with E-state index in [9.17, 15) is 0 Å². The van der Waals surface area contributed by atoms with Crippen molar-refractivity contribution < 1.29 is 0 Å². The highest BCUT2D eigenvalue weighted by Gasteiger charge is 2.33. The van der Waals surface area contributed by atoms with Crippen LogP contribution in [-0.4, -0.2) is 0 Å². The number of hydrogen-bond donors (Lipinski definition) is 0. The molecule has 3 rings (SSSR count). The van der Waals surface area contributed by atoms with Crippen molar-refractivity contribution in [1.29, 1.82) is 0 Å². The summed E-state index contributed by atoms with van der Waals surface area (Å²) in [6.45, 7) is 4.75. The first-order valence-corrected chi connectivity index (χ1v) is 9.35. The van der Waals surface area contributed by atoms with E-state index in [2.05, 4.69) is 38.1 Å². The highest BCUT2D eigenvalue weighted by atomic mass is 14.9. The second-order valence-corrected chi connectivity index (χ2v) is 7.17. The molecule has 0 fully saturated rings. The first kappa shape index (κ1) is 15.6. The summed E-state index contributed by atoms with van der Waals surface area (Å²) in [5, 5.41) is 5.01. The van der Waals surface area contributed by atoms with Gasteiger partial charge in [0.2, 0.25) is 0 Å². The SMILES string of the molecule is CCCCCCCC(C)C1CCCC2=C1[N]c1ccccc12. The maximum absolute atomic E-state index is 5.01. The summed E-state index contributed by atoms with van der Waals surface area (Å²) in [5.41, 5.74) is 5.63. The van der Waals surface area contributed by atoms with Crippen molar-refractivity contribution in [1.82, 2.24) is 5.32 Å². The number of allylic oxidation sites excluding steroid dienone is 2. The van der Waals surface area contributed by atoms with Gasteiger partial charge in [-0.1, -0.05) is 70.6 Å². The van der Waals surface area contributed by atoms with E-state index in [1.165, 1.54) is 74.7 Å². The number of rotatable bonds is 7. The Balaban J connectivity index is 1.62. The fraction of sp³-hybridized carbons (Fsp3) is 0.619. The zero-order valence-corrected chi connectivity index (χ0v) is 14.3.